The Labute approximate surface area is 116 Å². The number of benzene rings is 1. The second kappa shape index (κ2) is 4.72. The average molecular weight is 288 g/mol. The molecular formula is C14H12N2O3S. The first-order chi connectivity index (χ1) is 9.60. The summed E-state index contributed by atoms with van der Waals surface area (Å²) in [6.07, 6.45) is 1.64. The third-order valence-electron chi connectivity index (χ3n) is 3.19. The minimum atomic E-state index is -3.66. The van der Waals surface area contributed by atoms with Gasteiger partial charge in [-0.1, -0.05) is 18.2 Å². The Hall–Kier alpha value is -2.21. The average Bonchev–Trinajstić information content (AvgIpc) is 2.48. The molecule has 20 heavy (non-hydrogen) atoms. The van der Waals surface area contributed by atoms with Gasteiger partial charge in [-0.05, 0) is 24.3 Å². The summed E-state index contributed by atoms with van der Waals surface area (Å²) in [5.74, 6) is -0.125. The third kappa shape index (κ3) is 1.98. The van der Waals surface area contributed by atoms with Gasteiger partial charge in [-0.15, -0.1) is 0 Å². The highest BCUT2D eigenvalue weighted by Crippen LogP contribution is 2.30. The van der Waals surface area contributed by atoms with Gasteiger partial charge in [0.15, 0.2) is 5.78 Å². The Balaban J connectivity index is 2.13. The number of nitrogens with zero attached hydrogens (tertiary/aromatic N) is 2. The monoisotopic (exact) mass is 288 g/mol. The Morgan fingerprint density at radius 2 is 1.80 bits per heavy atom. The van der Waals surface area contributed by atoms with Crippen LogP contribution >= 0.6 is 0 Å². The lowest BCUT2D eigenvalue weighted by Crippen LogP contribution is -2.37. The van der Waals surface area contributed by atoms with Gasteiger partial charge in [-0.2, -0.15) is 0 Å². The molecule has 0 aliphatic carbocycles. The molecule has 0 saturated heterocycles. The van der Waals surface area contributed by atoms with Crippen LogP contribution in [0.25, 0.3) is 0 Å². The van der Waals surface area contributed by atoms with Crippen LogP contribution in [0.5, 0.6) is 0 Å². The lowest BCUT2D eigenvalue weighted by molar-refractivity contribution is 0.0977. The van der Waals surface area contributed by atoms with E-state index in [9.17, 15) is 13.2 Å². The summed E-state index contributed by atoms with van der Waals surface area (Å²) in [5, 5.41) is 0. The summed E-state index contributed by atoms with van der Waals surface area (Å²) >= 11 is 0. The molecule has 5 nitrogen and oxygen atoms in total. The van der Waals surface area contributed by atoms with Crippen LogP contribution in [0.4, 0.5) is 5.69 Å². The SMILES string of the molecule is O=C1CCN(S(=O)(=O)c2ccccc2)c2cccnc21. The molecule has 0 atom stereocenters. The number of ketones is 1. The summed E-state index contributed by atoms with van der Waals surface area (Å²) in [6.45, 7) is 0.148. The maximum atomic E-state index is 12.6. The highest BCUT2D eigenvalue weighted by atomic mass is 32.2. The van der Waals surface area contributed by atoms with Gasteiger partial charge in [0.25, 0.3) is 10.0 Å². The molecule has 1 aromatic heterocycles. The number of hydrogen-bond acceptors (Lipinski definition) is 4. The molecule has 0 N–H and O–H groups in total. The van der Waals surface area contributed by atoms with E-state index in [2.05, 4.69) is 4.98 Å². The van der Waals surface area contributed by atoms with E-state index >= 15 is 0 Å². The van der Waals surface area contributed by atoms with Crippen molar-refractivity contribution in [1.82, 2.24) is 4.98 Å². The summed E-state index contributed by atoms with van der Waals surface area (Å²) < 4.78 is 26.5. The number of aromatic nitrogens is 1. The minimum Gasteiger partial charge on any atom is -0.292 e. The van der Waals surface area contributed by atoms with E-state index in [-0.39, 0.29) is 29.3 Å². The lowest BCUT2D eigenvalue weighted by atomic mass is 10.1. The number of fused-ring (bicyclic) bond motifs is 1. The molecule has 1 aromatic carbocycles. The van der Waals surface area contributed by atoms with Gasteiger partial charge in [0.05, 0.1) is 10.6 Å². The molecule has 1 aliphatic rings. The van der Waals surface area contributed by atoms with Crippen LogP contribution in [-0.4, -0.2) is 25.7 Å². The van der Waals surface area contributed by atoms with Crippen molar-refractivity contribution in [2.75, 3.05) is 10.8 Å². The number of pyridine rings is 1. The van der Waals surface area contributed by atoms with Gasteiger partial charge in [0.1, 0.15) is 5.69 Å². The number of anilines is 1. The topological polar surface area (TPSA) is 67.3 Å². The van der Waals surface area contributed by atoms with Crippen molar-refractivity contribution in [2.45, 2.75) is 11.3 Å². The van der Waals surface area contributed by atoms with Gasteiger partial charge in [-0.25, -0.2) is 8.42 Å². The van der Waals surface area contributed by atoms with E-state index < -0.39 is 10.0 Å². The molecule has 1 aliphatic heterocycles. The van der Waals surface area contributed by atoms with Crippen molar-refractivity contribution in [3.63, 3.8) is 0 Å². The molecule has 0 fully saturated rings. The number of carbonyl (C=O) groups is 1. The molecule has 0 spiro atoms. The normalized spacial score (nSPS) is 15.0. The first-order valence-corrected chi connectivity index (χ1v) is 7.61. The molecule has 0 amide bonds. The zero-order valence-electron chi connectivity index (χ0n) is 10.6. The highest BCUT2D eigenvalue weighted by molar-refractivity contribution is 7.92. The molecule has 102 valence electrons. The van der Waals surface area contributed by atoms with Crippen LogP contribution < -0.4 is 4.31 Å². The number of hydrogen-bond donors (Lipinski definition) is 0. The third-order valence-corrected chi connectivity index (χ3v) is 5.02. The van der Waals surface area contributed by atoms with Crippen LogP contribution in [0.15, 0.2) is 53.6 Å². The largest absolute Gasteiger partial charge is 0.292 e. The van der Waals surface area contributed by atoms with Crippen molar-refractivity contribution in [2.24, 2.45) is 0 Å². The van der Waals surface area contributed by atoms with Crippen molar-refractivity contribution in [3.05, 3.63) is 54.4 Å². The van der Waals surface area contributed by atoms with E-state index in [1.807, 2.05) is 0 Å². The fourth-order valence-corrected chi connectivity index (χ4v) is 3.72. The van der Waals surface area contributed by atoms with Gasteiger partial charge >= 0.3 is 0 Å². The standard InChI is InChI=1S/C14H12N2O3S/c17-13-8-10-16(12-7-4-9-15-14(12)13)20(18,19)11-5-2-1-3-6-11/h1-7,9H,8,10H2. The Kier molecular flexibility index (Phi) is 3.02. The minimum absolute atomic E-state index is 0.125. The van der Waals surface area contributed by atoms with E-state index in [0.717, 1.165) is 0 Å². The molecule has 2 aromatic rings. The molecule has 3 rings (SSSR count). The van der Waals surface area contributed by atoms with Crippen molar-refractivity contribution < 1.29 is 13.2 Å². The maximum Gasteiger partial charge on any atom is 0.264 e. The van der Waals surface area contributed by atoms with Gasteiger partial charge in [0.2, 0.25) is 0 Å². The van der Waals surface area contributed by atoms with Crippen molar-refractivity contribution in [3.8, 4) is 0 Å². The zero-order valence-corrected chi connectivity index (χ0v) is 11.4. The Bertz CT molecular complexity index is 757. The quantitative estimate of drug-likeness (QED) is 0.846. The van der Waals surface area contributed by atoms with Gasteiger partial charge in [0, 0.05) is 19.2 Å². The van der Waals surface area contributed by atoms with E-state index in [4.69, 9.17) is 0 Å². The molecule has 0 saturated carbocycles. The molecular weight excluding hydrogens is 276 g/mol. The zero-order chi connectivity index (χ0) is 14.2. The first-order valence-electron chi connectivity index (χ1n) is 6.17. The molecule has 0 radical (unpaired) electrons. The molecule has 0 unspecified atom stereocenters. The van der Waals surface area contributed by atoms with Crippen molar-refractivity contribution in [1.29, 1.82) is 0 Å². The van der Waals surface area contributed by atoms with Crippen LogP contribution in [0.3, 0.4) is 0 Å². The van der Waals surface area contributed by atoms with Crippen molar-refractivity contribution >= 4 is 21.5 Å². The van der Waals surface area contributed by atoms with Crippen LogP contribution in [0, 0.1) is 0 Å². The van der Waals surface area contributed by atoms with Crippen LogP contribution in [0.1, 0.15) is 16.9 Å². The summed E-state index contributed by atoms with van der Waals surface area (Å²) in [5.41, 5.74) is 0.575. The second-order valence-corrected chi connectivity index (χ2v) is 6.30. The summed E-state index contributed by atoms with van der Waals surface area (Å²) in [7, 11) is -3.66. The Morgan fingerprint density at radius 1 is 1.05 bits per heavy atom. The fraction of sp³-hybridized carbons (Fsp3) is 0.143. The molecule has 0 bridgehead atoms. The van der Waals surface area contributed by atoms with Gasteiger partial charge in [-0.3, -0.25) is 14.1 Å². The smallest absolute Gasteiger partial charge is 0.264 e. The predicted molar refractivity (Wildman–Crippen MR) is 74.2 cm³/mol. The van der Waals surface area contributed by atoms with Gasteiger partial charge < -0.3 is 0 Å². The number of rotatable bonds is 2. The summed E-state index contributed by atoms with van der Waals surface area (Å²) in [6, 6.07) is 11.4. The number of sulfonamides is 1. The van der Waals surface area contributed by atoms with E-state index in [0.29, 0.717) is 5.69 Å². The van der Waals surface area contributed by atoms with Crippen LogP contribution in [0.2, 0.25) is 0 Å². The molecule has 2 heterocycles. The number of Topliss-reactive ketones (excluding diaryl/α,β-unsaturated/α-hetero) is 1. The predicted octanol–water partition coefficient (Wildman–Crippen LogP) is 1.86. The van der Waals surface area contributed by atoms with E-state index in [1.165, 1.54) is 10.5 Å². The Morgan fingerprint density at radius 3 is 2.55 bits per heavy atom. The van der Waals surface area contributed by atoms with E-state index in [1.54, 1.807) is 42.5 Å². The summed E-state index contributed by atoms with van der Waals surface area (Å²) in [4.78, 5) is 16.0. The van der Waals surface area contributed by atoms with Crippen LogP contribution in [-0.2, 0) is 10.0 Å². The lowest BCUT2D eigenvalue weighted by Gasteiger charge is -2.28. The highest BCUT2D eigenvalue weighted by Gasteiger charge is 2.32. The maximum absolute atomic E-state index is 12.6. The number of carbonyl (C=O) groups excluding carboxylic acids is 1. The fourth-order valence-electron chi connectivity index (χ4n) is 2.22. The first kappa shape index (κ1) is 12.8. The molecule has 6 heteroatoms. The second-order valence-electron chi connectivity index (χ2n) is 4.43.